The number of rotatable bonds is 3. The fourth-order valence-electron chi connectivity index (χ4n) is 2.03. The van der Waals surface area contributed by atoms with Crippen molar-refractivity contribution in [3.05, 3.63) is 53.9 Å². The number of fused-ring (bicyclic) bond motifs is 1. The van der Waals surface area contributed by atoms with Gasteiger partial charge in [0.15, 0.2) is 5.65 Å². The Balaban J connectivity index is 2.27. The smallest absolute Gasteiger partial charge is 0.269 e. The molecule has 0 saturated carbocycles. The predicted molar refractivity (Wildman–Crippen MR) is 75.5 cm³/mol. The first-order chi connectivity index (χ1) is 10.1. The van der Waals surface area contributed by atoms with Crippen LogP contribution in [0.2, 0.25) is 0 Å². The van der Waals surface area contributed by atoms with E-state index in [0.29, 0.717) is 5.69 Å². The topological polar surface area (TPSA) is 116 Å². The van der Waals surface area contributed by atoms with Crippen LogP contribution >= 0.6 is 0 Å². The Morgan fingerprint density at radius 3 is 2.38 bits per heavy atom. The highest BCUT2D eigenvalue weighted by atomic mass is 16.1. The van der Waals surface area contributed by atoms with Crippen LogP contribution in [-0.4, -0.2) is 26.4 Å². The van der Waals surface area contributed by atoms with Gasteiger partial charge >= 0.3 is 0 Å². The Labute approximate surface area is 119 Å². The molecule has 4 N–H and O–H groups in total. The van der Waals surface area contributed by atoms with Crippen molar-refractivity contribution >= 4 is 17.5 Å². The van der Waals surface area contributed by atoms with Gasteiger partial charge < -0.3 is 11.5 Å². The fraction of sp³-hybridized carbons (Fsp3) is 0. The number of hydrogen-bond donors (Lipinski definition) is 2. The van der Waals surface area contributed by atoms with E-state index in [9.17, 15) is 9.59 Å². The Bertz CT molecular complexity index is 854. The van der Waals surface area contributed by atoms with E-state index in [-0.39, 0.29) is 16.9 Å². The second-order valence-electron chi connectivity index (χ2n) is 4.43. The molecule has 0 bridgehead atoms. The van der Waals surface area contributed by atoms with Crippen LogP contribution in [0.5, 0.6) is 0 Å². The van der Waals surface area contributed by atoms with E-state index in [4.69, 9.17) is 11.5 Å². The van der Waals surface area contributed by atoms with Crippen LogP contribution in [-0.2, 0) is 0 Å². The number of nitrogens with zero attached hydrogens (tertiary/aromatic N) is 3. The van der Waals surface area contributed by atoms with Gasteiger partial charge in [-0.1, -0.05) is 30.3 Å². The van der Waals surface area contributed by atoms with E-state index in [1.54, 1.807) is 6.20 Å². The Kier molecular flexibility index (Phi) is 2.87. The number of primary amides is 2. The molecule has 0 aliphatic rings. The molecule has 0 atom stereocenters. The van der Waals surface area contributed by atoms with Gasteiger partial charge in [-0.25, -0.2) is 9.50 Å². The van der Waals surface area contributed by atoms with Gasteiger partial charge in [-0.2, -0.15) is 5.10 Å². The minimum Gasteiger partial charge on any atom is -0.365 e. The van der Waals surface area contributed by atoms with Gasteiger partial charge in [0.2, 0.25) is 0 Å². The van der Waals surface area contributed by atoms with Crippen LogP contribution in [0, 0.1) is 0 Å². The molecule has 1 aromatic carbocycles. The van der Waals surface area contributed by atoms with E-state index in [2.05, 4.69) is 10.1 Å². The van der Waals surface area contributed by atoms with Gasteiger partial charge in [-0.3, -0.25) is 9.59 Å². The SMILES string of the molecule is NC(=O)c1cc(C(N)=O)c2nc(-c3ccccc3)cn2n1. The molecule has 0 radical (unpaired) electrons. The monoisotopic (exact) mass is 281 g/mol. The highest BCUT2D eigenvalue weighted by molar-refractivity contribution is 6.01. The fourth-order valence-corrected chi connectivity index (χ4v) is 2.03. The zero-order valence-corrected chi connectivity index (χ0v) is 10.9. The zero-order chi connectivity index (χ0) is 15.0. The summed E-state index contributed by atoms with van der Waals surface area (Å²) in [4.78, 5) is 27.1. The predicted octanol–water partition coefficient (Wildman–Crippen LogP) is 0.594. The Morgan fingerprint density at radius 1 is 1.05 bits per heavy atom. The van der Waals surface area contributed by atoms with Crippen molar-refractivity contribution in [3.8, 4) is 11.3 Å². The molecule has 2 heterocycles. The summed E-state index contributed by atoms with van der Waals surface area (Å²) in [5, 5.41) is 4.04. The van der Waals surface area contributed by atoms with Crippen molar-refractivity contribution < 1.29 is 9.59 Å². The van der Waals surface area contributed by atoms with Crippen molar-refractivity contribution in [2.75, 3.05) is 0 Å². The largest absolute Gasteiger partial charge is 0.365 e. The minimum absolute atomic E-state index is 0.0479. The third kappa shape index (κ3) is 2.20. The molecule has 0 spiro atoms. The zero-order valence-electron chi connectivity index (χ0n) is 10.9. The standard InChI is InChI=1S/C14H11N5O2/c15-12(20)9-6-10(13(16)21)18-19-7-11(17-14(9)19)8-4-2-1-3-5-8/h1-7H,(H2,15,20)(H2,16,21). The second-order valence-corrected chi connectivity index (χ2v) is 4.43. The molecular weight excluding hydrogens is 270 g/mol. The number of imidazole rings is 1. The molecular formula is C14H11N5O2. The van der Waals surface area contributed by atoms with Gasteiger partial charge in [-0.15, -0.1) is 0 Å². The summed E-state index contributed by atoms with van der Waals surface area (Å²) in [6, 6.07) is 10.6. The highest BCUT2D eigenvalue weighted by Crippen LogP contribution is 2.20. The first-order valence-electron chi connectivity index (χ1n) is 6.11. The van der Waals surface area contributed by atoms with Crippen molar-refractivity contribution in [2.45, 2.75) is 0 Å². The van der Waals surface area contributed by atoms with Gasteiger partial charge in [-0.05, 0) is 6.07 Å². The van der Waals surface area contributed by atoms with Crippen molar-refractivity contribution in [3.63, 3.8) is 0 Å². The quantitative estimate of drug-likeness (QED) is 0.730. The molecule has 2 aromatic heterocycles. The third-order valence-corrected chi connectivity index (χ3v) is 3.01. The summed E-state index contributed by atoms with van der Waals surface area (Å²) in [5.74, 6) is -1.44. The summed E-state index contributed by atoms with van der Waals surface area (Å²) in [7, 11) is 0. The lowest BCUT2D eigenvalue weighted by molar-refractivity contribution is 0.0994. The lowest BCUT2D eigenvalue weighted by atomic mass is 10.2. The normalized spacial score (nSPS) is 10.7. The molecule has 21 heavy (non-hydrogen) atoms. The number of aromatic nitrogens is 3. The lowest BCUT2D eigenvalue weighted by Crippen LogP contribution is -2.19. The van der Waals surface area contributed by atoms with Crippen LogP contribution in [0.25, 0.3) is 16.9 Å². The number of amides is 2. The van der Waals surface area contributed by atoms with Gasteiger partial charge in [0.1, 0.15) is 5.69 Å². The minimum atomic E-state index is -0.741. The number of benzene rings is 1. The molecule has 104 valence electrons. The number of nitrogens with two attached hydrogens (primary N) is 2. The van der Waals surface area contributed by atoms with Gasteiger partial charge in [0.05, 0.1) is 17.5 Å². The van der Waals surface area contributed by atoms with Crippen LogP contribution in [0.15, 0.2) is 42.6 Å². The lowest BCUT2D eigenvalue weighted by Gasteiger charge is -2.01. The van der Waals surface area contributed by atoms with Gasteiger partial charge in [0.25, 0.3) is 11.8 Å². The van der Waals surface area contributed by atoms with E-state index in [1.165, 1.54) is 10.6 Å². The first-order valence-corrected chi connectivity index (χ1v) is 6.11. The molecule has 7 heteroatoms. The van der Waals surface area contributed by atoms with E-state index >= 15 is 0 Å². The summed E-state index contributed by atoms with van der Waals surface area (Å²) in [6.45, 7) is 0. The molecule has 0 saturated heterocycles. The van der Waals surface area contributed by atoms with E-state index in [0.717, 1.165) is 5.56 Å². The maximum atomic E-state index is 11.5. The highest BCUT2D eigenvalue weighted by Gasteiger charge is 2.16. The van der Waals surface area contributed by atoms with Crippen molar-refractivity contribution in [1.29, 1.82) is 0 Å². The Morgan fingerprint density at radius 2 is 1.76 bits per heavy atom. The van der Waals surface area contributed by atoms with Gasteiger partial charge in [0, 0.05) is 5.56 Å². The third-order valence-electron chi connectivity index (χ3n) is 3.01. The average molecular weight is 281 g/mol. The molecule has 0 aliphatic carbocycles. The average Bonchev–Trinajstić information content (AvgIpc) is 2.90. The molecule has 2 amide bonds. The summed E-state index contributed by atoms with van der Waals surface area (Å²) in [5.41, 5.74) is 12.3. The van der Waals surface area contributed by atoms with Crippen LogP contribution < -0.4 is 11.5 Å². The first kappa shape index (κ1) is 12.8. The molecule has 3 rings (SSSR count). The second kappa shape index (κ2) is 4.71. The maximum absolute atomic E-state index is 11.5. The van der Waals surface area contributed by atoms with Crippen LogP contribution in [0.1, 0.15) is 20.8 Å². The summed E-state index contributed by atoms with van der Waals surface area (Å²) < 4.78 is 1.34. The summed E-state index contributed by atoms with van der Waals surface area (Å²) >= 11 is 0. The van der Waals surface area contributed by atoms with Crippen molar-refractivity contribution in [2.24, 2.45) is 11.5 Å². The molecule has 0 unspecified atom stereocenters. The summed E-state index contributed by atoms with van der Waals surface area (Å²) in [6.07, 6.45) is 1.61. The number of carbonyl (C=O) groups is 2. The molecule has 0 fully saturated rings. The van der Waals surface area contributed by atoms with Crippen LogP contribution in [0.4, 0.5) is 0 Å². The van der Waals surface area contributed by atoms with Crippen LogP contribution in [0.3, 0.4) is 0 Å². The number of carbonyl (C=O) groups excluding carboxylic acids is 2. The van der Waals surface area contributed by atoms with E-state index in [1.807, 2.05) is 30.3 Å². The Hall–Kier alpha value is -3.22. The molecule has 0 aliphatic heterocycles. The van der Waals surface area contributed by atoms with Crippen molar-refractivity contribution in [1.82, 2.24) is 14.6 Å². The molecule has 7 nitrogen and oxygen atoms in total. The number of hydrogen-bond acceptors (Lipinski definition) is 4. The molecule has 3 aromatic rings. The maximum Gasteiger partial charge on any atom is 0.269 e. The van der Waals surface area contributed by atoms with E-state index < -0.39 is 11.8 Å².